The van der Waals surface area contributed by atoms with Crippen LogP contribution in [0.15, 0.2) is 30.6 Å². The molecular formula is C15H19N3. The number of nitrogens with two attached hydrogens (primary N) is 1. The minimum Gasteiger partial charge on any atom is -0.398 e. The summed E-state index contributed by atoms with van der Waals surface area (Å²) in [6, 6.07) is 6.08. The van der Waals surface area contributed by atoms with Crippen molar-refractivity contribution in [3.63, 3.8) is 0 Å². The van der Waals surface area contributed by atoms with Crippen LogP contribution in [0.25, 0.3) is 10.8 Å². The van der Waals surface area contributed by atoms with Gasteiger partial charge >= 0.3 is 0 Å². The Hall–Kier alpha value is -1.77. The van der Waals surface area contributed by atoms with Gasteiger partial charge in [-0.3, -0.25) is 4.98 Å². The summed E-state index contributed by atoms with van der Waals surface area (Å²) in [5.41, 5.74) is 8.07. The molecule has 2 aromatic rings. The van der Waals surface area contributed by atoms with Crippen LogP contribution < -0.4 is 10.6 Å². The summed E-state index contributed by atoms with van der Waals surface area (Å²) in [5, 5.41) is 2.24. The van der Waals surface area contributed by atoms with Crippen LogP contribution in [-0.2, 0) is 0 Å². The molecule has 0 amide bonds. The van der Waals surface area contributed by atoms with Crippen molar-refractivity contribution in [2.45, 2.75) is 13.3 Å². The van der Waals surface area contributed by atoms with Gasteiger partial charge in [0.1, 0.15) is 0 Å². The molecule has 0 aliphatic heterocycles. The summed E-state index contributed by atoms with van der Waals surface area (Å²) in [6.07, 6.45) is 5.06. The fourth-order valence-corrected chi connectivity index (χ4v) is 2.64. The average Bonchev–Trinajstić information content (AvgIpc) is 3.05. The summed E-state index contributed by atoms with van der Waals surface area (Å²) in [7, 11) is 2.16. The van der Waals surface area contributed by atoms with Crippen molar-refractivity contribution in [2.24, 2.45) is 11.8 Å². The number of anilines is 2. The number of aromatic nitrogens is 1. The van der Waals surface area contributed by atoms with Gasteiger partial charge in [-0.1, -0.05) is 6.92 Å². The number of hydrogen-bond acceptors (Lipinski definition) is 3. The van der Waals surface area contributed by atoms with Gasteiger partial charge < -0.3 is 10.6 Å². The Labute approximate surface area is 108 Å². The predicted octanol–water partition coefficient (Wildman–Crippen LogP) is 2.91. The molecule has 1 aromatic heterocycles. The second kappa shape index (κ2) is 4.16. The molecule has 3 rings (SSSR count). The Morgan fingerprint density at radius 3 is 2.83 bits per heavy atom. The van der Waals surface area contributed by atoms with Crippen LogP contribution in [0, 0.1) is 11.8 Å². The summed E-state index contributed by atoms with van der Waals surface area (Å²) in [4.78, 5) is 6.56. The number of pyridine rings is 1. The molecule has 2 unspecified atom stereocenters. The van der Waals surface area contributed by atoms with E-state index in [1.165, 1.54) is 12.1 Å². The van der Waals surface area contributed by atoms with Crippen molar-refractivity contribution < 1.29 is 0 Å². The highest BCUT2D eigenvalue weighted by Gasteiger charge is 2.33. The molecule has 1 heterocycles. The van der Waals surface area contributed by atoms with Crippen molar-refractivity contribution >= 4 is 22.1 Å². The largest absolute Gasteiger partial charge is 0.398 e. The number of fused-ring (bicyclic) bond motifs is 1. The van der Waals surface area contributed by atoms with Gasteiger partial charge in [-0.25, -0.2) is 0 Å². The lowest BCUT2D eigenvalue weighted by Crippen LogP contribution is -2.20. The monoisotopic (exact) mass is 241 g/mol. The van der Waals surface area contributed by atoms with Gasteiger partial charge in [-0.15, -0.1) is 0 Å². The third-order valence-corrected chi connectivity index (χ3v) is 4.02. The second-order valence-corrected chi connectivity index (χ2v) is 5.45. The van der Waals surface area contributed by atoms with E-state index in [9.17, 15) is 0 Å². The van der Waals surface area contributed by atoms with Crippen molar-refractivity contribution in [1.82, 2.24) is 4.98 Å². The Bertz CT molecular complexity index is 579. The fourth-order valence-electron chi connectivity index (χ4n) is 2.64. The van der Waals surface area contributed by atoms with E-state index in [0.29, 0.717) is 0 Å². The Morgan fingerprint density at radius 2 is 2.11 bits per heavy atom. The highest BCUT2D eigenvalue weighted by Crippen LogP contribution is 2.39. The molecule has 1 aliphatic carbocycles. The van der Waals surface area contributed by atoms with Crippen LogP contribution in [0.1, 0.15) is 13.3 Å². The van der Waals surface area contributed by atoms with E-state index in [0.717, 1.165) is 34.8 Å². The molecule has 3 nitrogen and oxygen atoms in total. The van der Waals surface area contributed by atoms with Gasteiger partial charge in [0, 0.05) is 48.1 Å². The highest BCUT2D eigenvalue weighted by atomic mass is 15.1. The maximum absolute atomic E-state index is 6.01. The van der Waals surface area contributed by atoms with Gasteiger partial charge in [0.2, 0.25) is 0 Å². The topological polar surface area (TPSA) is 42.1 Å². The Balaban J connectivity index is 1.98. The van der Waals surface area contributed by atoms with Gasteiger partial charge in [-0.2, -0.15) is 0 Å². The molecule has 0 saturated heterocycles. The van der Waals surface area contributed by atoms with Crippen molar-refractivity contribution in [2.75, 3.05) is 24.2 Å². The molecule has 0 bridgehead atoms. The molecular weight excluding hydrogens is 222 g/mol. The lowest BCUT2D eigenvalue weighted by molar-refractivity contribution is 0.727. The zero-order valence-corrected chi connectivity index (χ0v) is 10.9. The van der Waals surface area contributed by atoms with Crippen LogP contribution in [0.2, 0.25) is 0 Å². The SMILES string of the molecule is CC1CC1CN(C)c1ccc(N)c2ccncc12. The zero-order valence-electron chi connectivity index (χ0n) is 10.9. The van der Waals surface area contributed by atoms with E-state index in [4.69, 9.17) is 5.73 Å². The van der Waals surface area contributed by atoms with E-state index in [1.54, 1.807) is 6.20 Å². The van der Waals surface area contributed by atoms with E-state index in [2.05, 4.69) is 29.9 Å². The lowest BCUT2D eigenvalue weighted by Gasteiger charge is -2.21. The number of nitrogens with zero attached hydrogens (tertiary/aromatic N) is 2. The number of hydrogen-bond donors (Lipinski definition) is 1. The van der Waals surface area contributed by atoms with Gasteiger partial charge in [0.15, 0.2) is 0 Å². The first kappa shape index (κ1) is 11.3. The number of benzene rings is 1. The molecule has 1 saturated carbocycles. The van der Waals surface area contributed by atoms with E-state index < -0.39 is 0 Å². The van der Waals surface area contributed by atoms with Crippen LogP contribution in [0.5, 0.6) is 0 Å². The summed E-state index contributed by atoms with van der Waals surface area (Å²) in [5.74, 6) is 1.73. The molecule has 18 heavy (non-hydrogen) atoms. The quantitative estimate of drug-likeness (QED) is 0.840. The first-order valence-corrected chi connectivity index (χ1v) is 6.50. The highest BCUT2D eigenvalue weighted by molar-refractivity contribution is 6.00. The number of nitrogen functional groups attached to an aromatic ring is 1. The molecule has 2 N–H and O–H groups in total. The molecule has 1 aromatic carbocycles. The Kier molecular flexibility index (Phi) is 2.62. The first-order chi connectivity index (χ1) is 8.66. The molecule has 3 heteroatoms. The maximum Gasteiger partial charge on any atom is 0.0460 e. The van der Waals surface area contributed by atoms with Crippen molar-refractivity contribution in [3.05, 3.63) is 30.6 Å². The van der Waals surface area contributed by atoms with Crippen LogP contribution in [0.3, 0.4) is 0 Å². The van der Waals surface area contributed by atoms with E-state index >= 15 is 0 Å². The van der Waals surface area contributed by atoms with Gasteiger partial charge in [0.25, 0.3) is 0 Å². The Morgan fingerprint density at radius 1 is 1.33 bits per heavy atom. The average molecular weight is 241 g/mol. The first-order valence-electron chi connectivity index (χ1n) is 6.50. The zero-order chi connectivity index (χ0) is 12.7. The van der Waals surface area contributed by atoms with Gasteiger partial charge in [-0.05, 0) is 36.5 Å². The van der Waals surface area contributed by atoms with Crippen LogP contribution in [-0.4, -0.2) is 18.6 Å². The molecule has 1 aliphatic rings. The standard InChI is InChI=1S/C15H19N3/c1-10-7-11(10)9-18(2)15-4-3-14(16)12-5-6-17-8-13(12)15/h3-6,8,10-11H,7,9,16H2,1-2H3. The molecule has 0 radical (unpaired) electrons. The maximum atomic E-state index is 6.01. The second-order valence-electron chi connectivity index (χ2n) is 5.45. The van der Waals surface area contributed by atoms with Crippen LogP contribution >= 0.6 is 0 Å². The minimum atomic E-state index is 0.823. The smallest absolute Gasteiger partial charge is 0.0460 e. The van der Waals surface area contributed by atoms with Crippen molar-refractivity contribution in [1.29, 1.82) is 0 Å². The molecule has 1 fully saturated rings. The summed E-state index contributed by atoms with van der Waals surface area (Å²) in [6.45, 7) is 3.44. The fraction of sp³-hybridized carbons (Fsp3) is 0.400. The minimum absolute atomic E-state index is 0.823. The summed E-state index contributed by atoms with van der Waals surface area (Å²) < 4.78 is 0. The number of rotatable bonds is 3. The van der Waals surface area contributed by atoms with E-state index in [1.807, 2.05) is 18.3 Å². The van der Waals surface area contributed by atoms with Gasteiger partial charge in [0.05, 0.1) is 0 Å². The molecule has 0 spiro atoms. The third-order valence-electron chi connectivity index (χ3n) is 4.02. The molecule has 94 valence electrons. The lowest BCUT2D eigenvalue weighted by atomic mass is 10.1. The predicted molar refractivity (Wildman–Crippen MR) is 76.7 cm³/mol. The van der Waals surface area contributed by atoms with Crippen molar-refractivity contribution in [3.8, 4) is 0 Å². The van der Waals surface area contributed by atoms with Crippen LogP contribution in [0.4, 0.5) is 11.4 Å². The molecule has 2 atom stereocenters. The third kappa shape index (κ3) is 1.90. The normalized spacial score (nSPS) is 22.1. The summed E-state index contributed by atoms with van der Waals surface area (Å²) >= 11 is 0. The van der Waals surface area contributed by atoms with E-state index in [-0.39, 0.29) is 0 Å².